The maximum absolute atomic E-state index is 12.3. The van der Waals surface area contributed by atoms with Gasteiger partial charge in [0.15, 0.2) is 21.3 Å². The number of ether oxygens (including phenoxy) is 4. The van der Waals surface area contributed by atoms with E-state index >= 15 is 0 Å². The minimum atomic E-state index is -3.65. The van der Waals surface area contributed by atoms with E-state index in [0.717, 1.165) is 72.0 Å². The summed E-state index contributed by atoms with van der Waals surface area (Å²) < 4.78 is 72.7. The van der Waals surface area contributed by atoms with Gasteiger partial charge in [0.1, 0.15) is 55.5 Å². The van der Waals surface area contributed by atoms with Crippen LogP contribution >= 0.6 is 119 Å². The molecule has 15 rings (SSSR count). The molecule has 1 aliphatic rings. The minimum Gasteiger partial charge on any atom is -0.508 e. The van der Waals surface area contributed by atoms with E-state index in [-0.39, 0.29) is 93.6 Å². The molecule has 2 heterocycles. The lowest BCUT2D eigenvalue weighted by Gasteiger charge is -2.14. The Bertz CT molecular complexity index is 6720. The first-order chi connectivity index (χ1) is 68.8. The second-order valence-electron chi connectivity index (χ2n) is 30.0. The lowest BCUT2D eigenvalue weighted by Crippen LogP contribution is -2.28. The average Bonchev–Trinajstić information content (AvgIpc) is 1.37. The highest BCUT2D eigenvalue weighted by atomic mass is 79.9. The van der Waals surface area contributed by atoms with Gasteiger partial charge in [-0.05, 0) is 159 Å². The number of rotatable bonds is 32. The summed E-state index contributed by atoms with van der Waals surface area (Å²) in [6.07, 6.45) is 2.86. The maximum Gasteiger partial charge on any atom is 0.407 e. The quantitative estimate of drug-likeness (QED) is 0.00569. The predicted molar refractivity (Wildman–Crippen MR) is 567 cm³/mol. The number of aliphatic carboxylic acids is 1. The van der Waals surface area contributed by atoms with Gasteiger partial charge < -0.3 is 44.7 Å². The molecule has 0 bridgehead atoms. The van der Waals surface area contributed by atoms with E-state index in [4.69, 9.17) is 52.4 Å². The Balaban J connectivity index is 0.000000203. The number of carboxylic acids is 1. The molecule has 14 aromatic rings. The predicted octanol–water partition coefficient (Wildman–Crippen LogP) is 23.7. The van der Waals surface area contributed by atoms with Gasteiger partial charge in [0.25, 0.3) is 17.3 Å². The van der Waals surface area contributed by atoms with E-state index in [1.165, 1.54) is 101 Å². The molecule has 1 aliphatic heterocycles. The number of sulfone groups is 2. The van der Waals surface area contributed by atoms with Gasteiger partial charge in [-0.25, -0.2) is 26.3 Å². The van der Waals surface area contributed by atoms with Crippen LogP contribution in [0.15, 0.2) is 343 Å². The van der Waals surface area contributed by atoms with Gasteiger partial charge in [-0.3, -0.25) is 54.5 Å². The van der Waals surface area contributed by atoms with Gasteiger partial charge in [0, 0.05) is 110 Å². The smallest absolute Gasteiger partial charge is 0.407 e. The molecule has 40 heteroatoms. The highest BCUT2D eigenvalue weighted by Gasteiger charge is 2.31. The summed E-state index contributed by atoms with van der Waals surface area (Å²) in [5.41, 5.74) is 15.2. The Kier molecular flexibility index (Phi) is 49.2. The summed E-state index contributed by atoms with van der Waals surface area (Å²) in [6, 6.07) is 90.6. The number of carbonyl (C=O) groups excluding carboxylic acids is 5. The van der Waals surface area contributed by atoms with Gasteiger partial charge in [-0.2, -0.15) is 0 Å². The maximum atomic E-state index is 12.3. The van der Waals surface area contributed by atoms with E-state index in [9.17, 15) is 76.0 Å². The zero-order chi connectivity index (χ0) is 104. The normalized spacial score (nSPS) is 11.1. The van der Waals surface area contributed by atoms with Crippen molar-refractivity contribution in [2.75, 3.05) is 16.9 Å². The second-order valence-corrected chi connectivity index (χ2v) is 37.9. The van der Waals surface area contributed by atoms with Crippen molar-refractivity contribution in [2.45, 2.75) is 110 Å². The molecule has 0 radical (unpaired) electrons. The van der Waals surface area contributed by atoms with Crippen LogP contribution in [0, 0.1) is 20.2 Å². The number of hydrogen-bond acceptors (Lipinski definition) is 23. The SMILES string of the molecule is ClCc1ccc(OCc2ccccc2)c(OCc2ccccc2)c1.O=C(CCNC(=O)OCc1ccccc1)Oc1ccc([N+](=O)[O-])cc1CBr.O=C(Nn1cnnc1)c1ccc(CBr)cc1.O=C(O)Cc1ccc(CBr)cc1.O=C1CCC(=O)N1c1cccc(CCl)c1.O=S(=O)(Cc1ccccc1CBr)c1ccccc1.O=S(=O)(c1ccc(O)cc1)c1ccc(O)c(CBr)c1.O=[N+]([O-])c1ccc(O)c(CBr)c1. The Morgan fingerprint density at radius 2 is 0.881 bits per heavy atom. The summed E-state index contributed by atoms with van der Waals surface area (Å²) in [5, 5.41) is 70.4. The number of aromatic nitrogens is 3. The molecule has 1 aromatic heterocycles. The van der Waals surface area contributed by atoms with Crippen molar-refractivity contribution in [1.29, 1.82) is 0 Å². The van der Waals surface area contributed by atoms with Crippen LogP contribution in [-0.4, -0.2) is 104 Å². The van der Waals surface area contributed by atoms with Crippen molar-refractivity contribution in [2.24, 2.45) is 0 Å². The lowest BCUT2D eigenvalue weighted by molar-refractivity contribution is -0.385. The molecule has 1 fully saturated rings. The van der Waals surface area contributed by atoms with Crippen LogP contribution in [0.5, 0.6) is 34.5 Å². The van der Waals surface area contributed by atoms with Crippen LogP contribution in [0.3, 0.4) is 0 Å². The molecule has 13 aromatic carbocycles. The number of non-ortho nitro benzene ring substituents is 2. The largest absolute Gasteiger partial charge is 0.508 e. The van der Waals surface area contributed by atoms with Gasteiger partial charge in [0.2, 0.25) is 21.7 Å². The lowest BCUT2D eigenvalue weighted by atomic mass is 10.1. The Morgan fingerprint density at radius 3 is 1.41 bits per heavy atom. The summed E-state index contributed by atoms with van der Waals surface area (Å²) in [4.78, 5) is 90.3. The molecule has 6 N–H and O–H groups in total. The summed E-state index contributed by atoms with van der Waals surface area (Å²) >= 11 is 31.2. The number of nitrogens with one attached hydrogen (secondary N) is 2. The highest BCUT2D eigenvalue weighted by molar-refractivity contribution is 9.09. The topological polar surface area (TPSA) is 433 Å². The molecule has 143 heavy (non-hydrogen) atoms. The van der Waals surface area contributed by atoms with E-state index in [1.54, 1.807) is 54.6 Å². The molecule has 0 spiro atoms. The third-order valence-electron chi connectivity index (χ3n) is 19.8. The fraction of sp³-hybridized carbons (Fsp3) is 0.165. The Morgan fingerprint density at radius 1 is 0.434 bits per heavy atom. The first-order valence-electron chi connectivity index (χ1n) is 42.8. The van der Waals surface area contributed by atoms with E-state index in [1.807, 2.05) is 182 Å². The van der Waals surface area contributed by atoms with Crippen molar-refractivity contribution in [3.8, 4) is 34.5 Å². The molecule has 0 atom stereocenters. The number of esters is 1. The number of alkyl halides is 8. The number of phenols is 3. The van der Waals surface area contributed by atoms with E-state index < -0.39 is 47.6 Å². The first kappa shape index (κ1) is 115. The summed E-state index contributed by atoms with van der Waals surface area (Å²) in [5.74, 6) is 0.828. The summed E-state index contributed by atoms with van der Waals surface area (Å²) in [6.45, 7) is 1.18. The Labute approximate surface area is 885 Å². The van der Waals surface area contributed by atoms with Crippen LogP contribution < -0.4 is 29.9 Å². The molecule has 1 saturated heterocycles. The zero-order valence-electron chi connectivity index (χ0n) is 75.9. The molecular weight excluding hydrogens is 2320 g/mol. The zero-order valence-corrected chi connectivity index (χ0v) is 88.5. The third kappa shape index (κ3) is 39.3. The molecule has 0 saturated carbocycles. The standard InChI is InChI=1S/C21H19ClO2.C18H17BrN2O6.C14H13BrO2S.C13H11BrO4S.C11H10ClNO2.C10H9BrN4O.C9H9BrO2.C7H6BrNO3/c22-14-19-11-12-20(23-15-17-7-3-1-4-8-17)21(13-19)24-16-18-9-5-2-6-10-18;19-11-14-10-15(21(24)25)6-7-16(14)27-17(22)8-9-20-18(23)26-12-13-4-2-1-3-5-13;15-10-12-6-4-5-7-13(12)11-18(16,17)14-8-2-1-3-9-14;14-8-9-7-12(5-6-13(9)16)19(17,18)11-3-1-10(15)2-4-11;12-7-8-2-1-3-9(6-8)13-10(14)4-5-11(13)15;11-5-8-1-3-9(4-2-8)10(16)14-15-6-12-13-7-15;10-6-8-3-1-7(2-4-8)5-9(11)12;8-4-5-3-6(9(11)12)1-2-7(5)10/h1-13H,14-16H2;1-7,10H,8-9,11-12H2,(H,20,23);1-9H,10-11H2;1-7,15-16H,8H2;1-3,6H,4-5,7H2;1-4,6-7H,5H2,(H,14,16);1-4H,5-6H2,(H,11,12);1-3,10H,4H2. The van der Waals surface area contributed by atoms with Crippen LogP contribution in [0.25, 0.3) is 0 Å². The number of anilines is 1. The number of aromatic hydroxyl groups is 3. The van der Waals surface area contributed by atoms with Crippen molar-refractivity contribution in [1.82, 2.24) is 20.2 Å². The van der Waals surface area contributed by atoms with Crippen LogP contribution in [0.2, 0.25) is 0 Å². The molecular formula is C103H94Br6Cl2N8O22S2. The summed E-state index contributed by atoms with van der Waals surface area (Å²) in [7, 11) is -6.91. The van der Waals surface area contributed by atoms with Crippen LogP contribution in [-0.2, 0) is 119 Å². The van der Waals surface area contributed by atoms with Crippen LogP contribution in [0.4, 0.5) is 21.9 Å². The Hall–Kier alpha value is -13.0. The van der Waals surface area contributed by atoms with Gasteiger partial charge in [-0.15, -0.1) is 33.4 Å². The number of halogens is 8. The highest BCUT2D eigenvalue weighted by Crippen LogP contribution is 2.34. The van der Waals surface area contributed by atoms with Crippen molar-refractivity contribution < 1.29 is 94.8 Å². The fourth-order valence-corrected chi connectivity index (χ4v) is 18.0. The van der Waals surface area contributed by atoms with Gasteiger partial charge >= 0.3 is 18.0 Å². The minimum absolute atomic E-state index is 0.00537. The van der Waals surface area contributed by atoms with Crippen LogP contribution in [0.1, 0.15) is 102 Å². The number of imide groups is 1. The monoisotopic (exact) mass is 2400 g/mol. The number of nitro groups is 2. The first-order valence-corrected chi connectivity index (χ1v) is 53.8. The van der Waals surface area contributed by atoms with Gasteiger partial charge in [0.05, 0.1) is 48.8 Å². The number of nitro benzene ring substituents is 2. The number of amides is 4. The number of phenolic OH excluding ortho intramolecular Hbond substituents is 3. The van der Waals surface area contributed by atoms with E-state index in [2.05, 4.69) is 117 Å². The van der Waals surface area contributed by atoms with Crippen molar-refractivity contribution >= 4 is 191 Å². The molecule has 746 valence electrons. The number of alkyl carbamates (subject to hydrolysis) is 1. The molecule has 4 amide bonds. The number of carbonyl (C=O) groups is 6. The third-order valence-corrected chi connectivity index (χ3v) is 27.6. The van der Waals surface area contributed by atoms with Crippen molar-refractivity contribution in [3.05, 3.63) is 426 Å². The number of hydrogen-bond donors (Lipinski definition) is 6. The number of benzene rings is 13. The second kappa shape index (κ2) is 61.1. The van der Waals surface area contributed by atoms with Crippen molar-refractivity contribution in [3.63, 3.8) is 0 Å². The molecule has 0 aliphatic carbocycles. The van der Waals surface area contributed by atoms with E-state index in [0.29, 0.717) is 97.7 Å². The number of carboxylic acid groups (broad SMARTS) is 1. The number of nitrogens with zero attached hydrogens (tertiary/aromatic N) is 6. The fourth-order valence-electron chi connectivity index (χ4n) is 12.3. The molecule has 30 nitrogen and oxygen atoms in total. The average molecular weight is 2410 g/mol. The molecule has 0 unspecified atom stereocenters. The van der Waals surface area contributed by atoms with Gasteiger partial charge in [-0.1, -0.05) is 284 Å².